The Balaban J connectivity index is 1.89. The Morgan fingerprint density at radius 3 is 2.53 bits per heavy atom. The minimum absolute atomic E-state index is 0.244. The Morgan fingerprint density at radius 1 is 1.07 bits per heavy atom. The molecule has 0 saturated heterocycles. The molecule has 1 fully saturated rings. The first kappa shape index (κ1) is 10.7. The topological polar surface area (TPSA) is 35.8 Å². The molecule has 0 spiro atoms. The number of hydrogen-bond acceptors (Lipinski definition) is 2. The lowest BCUT2D eigenvalue weighted by Gasteiger charge is -2.24. The molecule has 1 N–H and O–H groups in total. The van der Waals surface area contributed by atoms with Crippen molar-refractivity contribution < 1.29 is 0 Å². The first-order chi connectivity index (χ1) is 7.40. The van der Waals surface area contributed by atoms with E-state index in [4.69, 9.17) is 5.26 Å². The van der Waals surface area contributed by atoms with E-state index in [1.54, 1.807) is 0 Å². The fourth-order valence-corrected chi connectivity index (χ4v) is 2.72. The summed E-state index contributed by atoms with van der Waals surface area (Å²) in [6.45, 7) is 0. The van der Waals surface area contributed by atoms with Gasteiger partial charge >= 0.3 is 0 Å². The van der Waals surface area contributed by atoms with Crippen molar-refractivity contribution >= 4 is 0 Å². The van der Waals surface area contributed by atoms with Gasteiger partial charge in [0.1, 0.15) is 0 Å². The van der Waals surface area contributed by atoms with Gasteiger partial charge in [-0.05, 0) is 25.7 Å². The average molecular weight is 204 g/mol. The van der Waals surface area contributed by atoms with Crippen LogP contribution in [0.4, 0.5) is 0 Å². The maximum atomic E-state index is 9.15. The summed E-state index contributed by atoms with van der Waals surface area (Å²) >= 11 is 0. The molecule has 2 nitrogen and oxygen atoms in total. The summed E-state index contributed by atoms with van der Waals surface area (Å²) in [6, 6.07) is 3.53. The highest BCUT2D eigenvalue weighted by Crippen LogP contribution is 2.24. The van der Waals surface area contributed by atoms with Gasteiger partial charge < -0.3 is 5.32 Å². The third kappa shape index (κ3) is 2.82. The number of hydrogen-bond donors (Lipinski definition) is 1. The average Bonchev–Trinajstić information content (AvgIpc) is 2.64. The highest BCUT2D eigenvalue weighted by molar-refractivity contribution is 5.01. The second-order valence-electron chi connectivity index (χ2n) is 4.79. The summed E-state index contributed by atoms with van der Waals surface area (Å²) in [5.74, 6) is 0.244. The van der Waals surface area contributed by atoms with E-state index in [0.29, 0.717) is 12.1 Å². The molecule has 82 valence electrons. The molecule has 0 aliphatic heterocycles. The van der Waals surface area contributed by atoms with Crippen molar-refractivity contribution in [3.8, 4) is 6.07 Å². The molecule has 0 aromatic rings. The molecule has 2 heteroatoms. The largest absolute Gasteiger partial charge is 0.309 e. The van der Waals surface area contributed by atoms with Gasteiger partial charge in [-0.2, -0.15) is 5.26 Å². The molecule has 0 bridgehead atoms. The van der Waals surface area contributed by atoms with Crippen molar-refractivity contribution in [2.75, 3.05) is 0 Å². The first-order valence-corrected chi connectivity index (χ1v) is 6.21. The molecule has 0 radical (unpaired) electrons. The molecule has 2 aliphatic carbocycles. The summed E-state index contributed by atoms with van der Waals surface area (Å²) < 4.78 is 0. The fourth-order valence-electron chi connectivity index (χ4n) is 2.72. The summed E-state index contributed by atoms with van der Waals surface area (Å²) in [7, 11) is 0. The van der Waals surface area contributed by atoms with Crippen molar-refractivity contribution in [1.29, 1.82) is 5.26 Å². The first-order valence-electron chi connectivity index (χ1n) is 6.21. The van der Waals surface area contributed by atoms with E-state index >= 15 is 0 Å². The fraction of sp³-hybridized carbons (Fsp3) is 0.769. The van der Waals surface area contributed by atoms with Gasteiger partial charge in [-0.1, -0.05) is 31.4 Å². The predicted molar refractivity (Wildman–Crippen MR) is 61.3 cm³/mol. The van der Waals surface area contributed by atoms with Crippen LogP contribution in [0.5, 0.6) is 0 Å². The SMILES string of the molecule is N#CC1CCCCCC1NC1CC=CC1. The van der Waals surface area contributed by atoms with Gasteiger partial charge in [0.2, 0.25) is 0 Å². The second-order valence-corrected chi connectivity index (χ2v) is 4.79. The molecule has 0 amide bonds. The summed E-state index contributed by atoms with van der Waals surface area (Å²) in [6.07, 6.45) is 12.9. The van der Waals surface area contributed by atoms with Crippen molar-refractivity contribution in [3.05, 3.63) is 12.2 Å². The lowest BCUT2D eigenvalue weighted by molar-refractivity contribution is 0.353. The number of rotatable bonds is 2. The third-order valence-corrected chi connectivity index (χ3v) is 3.64. The Morgan fingerprint density at radius 2 is 1.80 bits per heavy atom. The van der Waals surface area contributed by atoms with Crippen LogP contribution in [0.2, 0.25) is 0 Å². The standard InChI is InChI=1S/C13H20N2/c14-10-11-6-2-1-3-9-13(11)15-12-7-4-5-8-12/h4-5,11-13,15H,1-3,6-9H2. The molecule has 0 heterocycles. The zero-order valence-electron chi connectivity index (χ0n) is 9.28. The minimum Gasteiger partial charge on any atom is -0.309 e. The van der Waals surface area contributed by atoms with E-state index in [0.717, 1.165) is 19.3 Å². The van der Waals surface area contributed by atoms with Crippen molar-refractivity contribution in [2.24, 2.45) is 5.92 Å². The van der Waals surface area contributed by atoms with Crippen LogP contribution < -0.4 is 5.32 Å². The number of nitrogens with zero attached hydrogens (tertiary/aromatic N) is 1. The van der Waals surface area contributed by atoms with Crippen LogP contribution in [0.25, 0.3) is 0 Å². The van der Waals surface area contributed by atoms with Crippen LogP contribution in [0.15, 0.2) is 12.2 Å². The van der Waals surface area contributed by atoms with Gasteiger partial charge in [0, 0.05) is 12.1 Å². The van der Waals surface area contributed by atoms with Gasteiger partial charge in [0.25, 0.3) is 0 Å². The number of nitriles is 1. The van der Waals surface area contributed by atoms with Gasteiger partial charge in [0.15, 0.2) is 0 Å². The zero-order valence-corrected chi connectivity index (χ0v) is 9.28. The van der Waals surface area contributed by atoms with Crippen molar-refractivity contribution in [1.82, 2.24) is 5.32 Å². The van der Waals surface area contributed by atoms with Gasteiger partial charge in [-0.15, -0.1) is 0 Å². The highest BCUT2D eigenvalue weighted by Gasteiger charge is 2.25. The Hall–Kier alpha value is -0.810. The maximum Gasteiger partial charge on any atom is 0.0672 e. The van der Waals surface area contributed by atoms with E-state index in [1.807, 2.05) is 0 Å². The smallest absolute Gasteiger partial charge is 0.0672 e. The molecule has 0 aromatic heterocycles. The van der Waals surface area contributed by atoms with Gasteiger partial charge in [0.05, 0.1) is 12.0 Å². The van der Waals surface area contributed by atoms with Crippen LogP contribution >= 0.6 is 0 Å². The second kappa shape index (κ2) is 5.32. The van der Waals surface area contributed by atoms with Crippen LogP contribution in [0.1, 0.15) is 44.9 Å². The molecule has 1 saturated carbocycles. The van der Waals surface area contributed by atoms with Gasteiger partial charge in [-0.25, -0.2) is 0 Å². The van der Waals surface area contributed by atoms with Gasteiger partial charge in [-0.3, -0.25) is 0 Å². The van der Waals surface area contributed by atoms with Crippen LogP contribution in [0, 0.1) is 17.2 Å². The van der Waals surface area contributed by atoms with E-state index in [-0.39, 0.29) is 5.92 Å². The van der Waals surface area contributed by atoms with E-state index in [9.17, 15) is 0 Å². The van der Waals surface area contributed by atoms with E-state index < -0.39 is 0 Å². The Kier molecular flexibility index (Phi) is 3.80. The molecule has 2 aliphatic rings. The zero-order chi connectivity index (χ0) is 10.5. The molecule has 0 aromatic carbocycles. The maximum absolute atomic E-state index is 9.15. The molecule has 2 atom stereocenters. The lowest BCUT2D eigenvalue weighted by atomic mass is 9.95. The molecule has 15 heavy (non-hydrogen) atoms. The summed E-state index contributed by atoms with van der Waals surface area (Å²) in [5.41, 5.74) is 0. The quantitative estimate of drug-likeness (QED) is 0.554. The lowest BCUT2D eigenvalue weighted by Crippen LogP contribution is -2.41. The molecule has 2 unspecified atom stereocenters. The molecule has 2 rings (SSSR count). The predicted octanol–water partition coefficient (Wildman–Crippen LogP) is 2.77. The van der Waals surface area contributed by atoms with Crippen molar-refractivity contribution in [2.45, 2.75) is 57.0 Å². The van der Waals surface area contributed by atoms with E-state index in [2.05, 4.69) is 23.5 Å². The Bertz CT molecular complexity index is 256. The summed E-state index contributed by atoms with van der Waals surface area (Å²) in [4.78, 5) is 0. The minimum atomic E-state index is 0.244. The normalized spacial score (nSPS) is 32.5. The monoisotopic (exact) mass is 204 g/mol. The third-order valence-electron chi connectivity index (χ3n) is 3.64. The highest BCUT2D eigenvalue weighted by atomic mass is 15.0. The van der Waals surface area contributed by atoms with E-state index in [1.165, 1.54) is 25.7 Å². The summed E-state index contributed by atoms with van der Waals surface area (Å²) in [5, 5.41) is 12.8. The van der Waals surface area contributed by atoms with Crippen LogP contribution in [-0.2, 0) is 0 Å². The Labute approximate surface area is 92.4 Å². The van der Waals surface area contributed by atoms with Crippen LogP contribution in [0.3, 0.4) is 0 Å². The molecular formula is C13H20N2. The van der Waals surface area contributed by atoms with Crippen LogP contribution in [-0.4, -0.2) is 12.1 Å². The number of nitrogens with one attached hydrogen (secondary N) is 1. The molecular weight excluding hydrogens is 184 g/mol. The van der Waals surface area contributed by atoms with Crippen molar-refractivity contribution in [3.63, 3.8) is 0 Å².